The van der Waals surface area contributed by atoms with Gasteiger partial charge in [-0.25, -0.2) is 14.4 Å². The molecule has 11 atom stereocenters. The van der Waals surface area contributed by atoms with E-state index in [0.29, 0.717) is 5.56 Å². The molecule has 2 aromatic carbocycles. The maximum Gasteiger partial charge on any atom is 0.408 e. The standard InChI is InChI=1S/C43H53NO14.CH4O/c1-22-26(55-37(51)32(48)30(24-15-11-9-12-16-24)44-38(52)58-39(3,4)5)20-43(53)35(56-36(50)25-17-13-10-14-18-25)33-41(8,34(49)31(47)29(22)40(43,6)7)27(46)19-28-42(33,21-54-28)57-23(2)45;1-2/h9-18,26-28,30-33,35,46-48,53H,19-21H2,1-8H3,(H,44,52);2H,1H3/t26-,27-,28+,30-,31+,32?,33-,35-,41+,42-,43+;/m0./s1. The second kappa shape index (κ2) is 17.0. The van der Waals surface area contributed by atoms with Crippen molar-refractivity contribution < 1.29 is 73.2 Å². The second-order valence-electron chi connectivity index (χ2n) is 17.6. The summed E-state index contributed by atoms with van der Waals surface area (Å²) < 4.78 is 29.5. The number of carbonyl (C=O) groups is 5. The molecule has 60 heavy (non-hydrogen) atoms. The normalized spacial score (nSPS) is 32.7. The first-order valence-electron chi connectivity index (χ1n) is 19.8. The van der Waals surface area contributed by atoms with Crippen LogP contribution in [0.15, 0.2) is 71.8 Å². The second-order valence-corrected chi connectivity index (χ2v) is 17.6. The smallest absolute Gasteiger partial charge is 0.408 e. The zero-order chi connectivity index (χ0) is 44.7. The number of rotatable bonds is 8. The van der Waals surface area contributed by atoms with Crippen LogP contribution in [0.5, 0.6) is 0 Å². The lowest BCUT2D eigenvalue weighted by atomic mass is 9.44. The molecule has 2 bridgehead atoms. The van der Waals surface area contributed by atoms with Gasteiger partial charge in [-0.2, -0.15) is 0 Å². The van der Waals surface area contributed by atoms with Crippen LogP contribution in [0.2, 0.25) is 0 Å². The lowest BCUT2D eigenvalue weighted by Crippen LogP contribution is -2.81. The minimum atomic E-state index is -2.35. The molecule has 16 nitrogen and oxygen atoms in total. The van der Waals surface area contributed by atoms with Crippen molar-refractivity contribution in [2.45, 2.75) is 128 Å². The number of amides is 1. The number of aliphatic hydroxyl groups excluding tert-OH is 4. The van der Waals surface area contributed by atoms with Crippen LogP contribution < -0.4 is 5.32 Å². The van der Waals surface area contributed by atoms with Crippen molar-refractivity contribution in [2.75, 3.05) is 13.7 Å². The molecule has 3 fully saturated rings. The first-order chi connectivity index (χ1) is 28.0. The number of carbonyl (C=O) groups excluding carboxylic acids is 5. The number of hydrogen-bond donors (Lipinski definition) is 6. The molecule has 2 aromatic rings. The fraction of sp³-hybridized carbons (Fsp3) is 0.568. The maximum absolute atomic E-state index is 14.9. The van der Waals surface area contributed by atoms with E-state index in [0.717, 1.165) is 14.0 Å². The molecule has 0 radical (unpaired) electrons. The summed E-state index contributed by atoms with van der Waals surface area (Å²) in [7, 11) is 1.00. The fourth-order valence-electron chi connectivity index (χ4n) is 9.56. The first kappa shape index (κ1) is 46.4. The van der Waals surface area contributed by atoms with Gasteiger partial charge in [0.2, 0.25) is 0 Å². The van der Waals surface area contributed by atoms with Crippen molar-refractivity contribution in [1.82, 2.24) is 5.32 Å². The van der Waals surface area contributed by atoms with Gasteiger partial charge in [-0.05, 0) is 63.5 Å². The number of hydrogen-bond acceptors (Lipinski definition) is 15. The Morgan fingerprint density at radius 3 is 2.05 bits per heavy atom. The lowest BCUT2D eigenvalue weighted by molar-refractivity contribution is -0.346. The van der Waals surface area contributed by atoms with E-state index in [2.05, 4.69) is 5.32 Å². The van der Waals surface area contributed by atoms with Crippen LogP contribution in [-0.4, -0.2) is 122 Å². The molecule has 0 aromatic heterocycles. The number of ether oxygens (including phenoxy) is 5. The summed E-state index contributed by atoms with van der Waals surface area (Å²) in [5.41, 5.74) is -8.14. The molecule has 6 rings (SSSR count). The summed E-state index contributed by atoms with van der Waals surface area (Å²) in [5.74, 6) is -5.36. The fourth-order valence-corrected chi connectivity index (χ4v) is 9.56. The first-order valence-corrected chi connectivity index (χ1v) is 19.8. The maximum atomic E-state index is 14.9. The van der Waals surface area contributed by atoms with Gasteiger partial charge in [0.25, 0.3) is 0 Å². The predicted molar refractivity (Wildman–Crippen MR) is 212 cm³/mol. The Labute approximate surface area is 348 Å². The van der Waals surface area contributed by atoms with Crippen LogP contribution in [0.1, 0.15) is 90.2 Å². The summed E-state index contributed by atoms with van der Waals surface area (Å²) in [6.07, 6.45) is -11.5. The molecule has 1 heterocycles. The van der Waals surface area contributed by atoms with Crippen LogP contribution >= 0.6 is 0 Å². The number of benzene rings is 2. The minimum Gasteiger partial charge on any atom is -0.456 e. The number of esters is 3. The van der Waals surface area contributed by atoms with Crippen molar-refractivity contribution in [2.24, 2.45) is 16.7 Å². The highest BCUT2D eigenvalue weighted by atomic mass is 16.6. The Morgan fingerprint density at radius 2 is 1.52 bits per heavy atom. The van der Waals surface area contributed by atoms with E-state index in [-0.39, 0.29) is 29.7 Å². The Balaban J connectivity index is 0.00000336. The Bertz CT molecular complexity index is 1980. The SMILES string of the molecule is CC(=O)O[C@@]12CO[C@@H]1C[C@H](O)[C@@]1(C)C(=O)[C@H](O)C3=C(C)[C@@H](OC(=O)C(O)[C@@H](NC(=O)OC(C)(C)C)c4ccccc4)C[C@@](O)([C@@H](OC(=O)c4ccccc4)[C@H]21)C3(C)C.CO. The molecule has 1 amide bonds. The van der Waals surface area contributed by atoms with Crippen LogP contribution in [-0.2, 0) is 38.1 Å². The van der Waals surface area contributed by atoms with Crippen LogP contribution in [0.25, 0.3) is 0 Å². The van der Waals surface area contributed by atoms with E-state index in [9.17, 15) is 44.4 Å². The quantitative estimate of drug-likeness (QED) is 0.127. The van der Waals surface area contributed by atoms with Gasteiger partial charge < -0.3 is 54.5 Å². The zero-order valence-electron chi connectivity index (χ0n) is 35.3. The van der Waals surface area contributed by atoms with Crippen LogP contribution in [0.4, 0.5) is 4.79 Å². The molecule has 328 valence electrons. The van der Waals surface area contributed by atoms with E-state index >= 15 is 0 Å². The van der Waals surface area contributed by atoms with Gasteiger partial charge >= 0.3 is 24.0 Å². The monoisotopic (exact) mass is 839 g/mol. The number of alkyl carbamates (subject to hydrolysis) is 1. The number of nitrogens with one attached hydrogen (secondary N) is 1. The van der Waals surface area contributed by atoms with Gasteiger partial charge in [0, 0.05) is 32.3 Å². The summed E-state index contributed by atoms with van der Waals surface area (Å²) >= 11 is 0. The molecular weight excluding hydrogens is 782 g/mol. The van der Waals surface area contributed by atoms with Crippen LogP contribution in [0.3, 0.4) is 0 Å². The van der Waals surface area contributed by atoms with E-state index < -0.39 is 112 Å². The minimum absolute atomic E-state index is 0.0637. The zero-order valence-corrected chi connectivity index (χ0v) is 35.3. The van der Waals surface area contributed by atoms with Crippen molar-refractivity contribution in [1.29, 1.82) is 0 Å². The van der Waals surface area contributed by atoms with Crippen molar-refractivity contribution in [3.05, 3.63) is 82.9 Å². The van der Waals surface area contributed by atoms with E-state index in [4.69, 9.17) is 28.8 Å². The van der Waals surface area contributed by atoms with Gasteiger partial charge in [-0.1, -0.05) is 62.4 Å². The topological polar surface area (TPSA) is 245 Å². The van der Waals surface area contributed by atoms with Gasteiger partial charge in [-0.15, -0.1) is 0 Å². The summed E-state index contributed by atoms with van der Waals surface area (Å²) in [4.78, 5) is 68.9. The van der Waals surface area contributed by atoms with E-state index in [1.807, 2.05) is 0 Å². The van der Waals surface area contributed by atoms with Gasteiger partial charge in [-0.3, -0.25) is 9.59 Å². The van der Waals surface area contributed by atoms with Gasteiger partial charge in [0.1, 0.15) is 35.6 Å². The Kier molecular flexibility index (Phi) is 13.1. The third-order valence-corrected chi connectivity index (χ3v) is 12.6. The van der Waals surface area contributed by atoms with Crippen molar-refractivity contribution in [3.63, 3.8) is 0 Å². The molecule has 3 aliphatic carbocycles. The average molecular weight is 840 g/mol. The molecule has 1 aliphatic heterocycles. The molecular formula is C44H57NO15. The summed E-state index contributed by atoms with van der Waals surface area (Å²) in [6.45, 7) is 11.8. The molecule has 0 spiro atoms. The predicted octanol–water partition coefficient (Wildman–Crippen LogP) is 2.87. The highest BCUT2D eigenvalue weighted by molar-refractivity contribution is 5.94. The van der Waals surface area contributed by atoms with Gasteiger partial charge in [0.05, 0.1) is 35.6 Å². The average Bonchev–Trinajstić information content (AvgIpc) is 3.18. The summed E-state index contributed by atoms with van der Waals surface area (Å²) in [5, 5.41) is 58.6. The molecule has 4 aliphatic rings. The highest BCUT2D eigenvalue weighted by Crippen LogP contribution is 2.64. The highest BCUT2D eigenvalue weighted by Gasteiger charge is 2.78. The molecule has 1 unspecified atom stereocenters. The number of Topliss-reactive ketones (excluding diaryl/α,β-unsaturated/α-hetero) is 1. The number of ketones is 1. The van der Waals surface area contributed by atoms with Crippen LogP contribution in [0, 0.1) is 16.7 Å². The molecule has 6 N–H and O–H groups in total. The van der Waals surface area contributed by atoms with E-state index in [1.54, 1.807) is 83.1 Å². The number of aliphatic hydroxyl groups is 5. The summed E-state index contributed by atoms with van der Waals surface area (Å²) in [6, 6.07) is 14.6. The number of fused-ring (bicyclic) bond motifs is 5. The van der Waals surface area contributed by atoms with E-state index in [1.165, 1.54) is 26.0 Å². The van der Waals surface area contributed by atoms with Gasteiger partial charge in [0.15, 0.2) is 17.5 Å². The lowest BCUT2D eigenvalue weighted by Gasteiger charge is -2.67. The molecule has 1 saturated heterocycles. The largest absolute Gasteiger partial charge is 0.456 e. The van der Waals surface area contributed by atoms with Crippen molar-refractivity contribution >= 4 is 29.8 Å². The van der Waals surface area contributed by atoms with Crippen molar-refractivity contribution in [3.8, 4) is 0 Å². The Hall–Kier alpha value is -4.71. The molecule has 16 heteroatoms. The Morgan fingerprint density at radius 1 is 0.933 bits per heavy atom. The third kappa shape index (κ3) is 7.96. The molecule has 2 saturated carbocycles. The third-order valence-electron chi connectivity index (χ3n) is 12.6.